The highest BCUT2D eigenvalue weighted by atomic mass is 32.2. The van der Waals surface area contributed by atoms with E-state index in [4.69, 9.17) is 18.9 Å². The Balaban J connectivity index is 2.53. The fraction of sp³-hybridized carbons (Fsp3) is 0.762. The van der Waals surface area contributed by atoms with Gasteiger partial charge in [0.25, 0.3) is 10.1 Å². The minimum absolute atomic E-state index is 0.112. The summed E-state index contributed by atoms with van der Waals surface area (Å²) >= 11 is 0. The van der Waals surface area contributed by atoms with Crippen LogP contribution in [0.4, 0.5) is 0 Å². The van der Waals surface area contributed by atoms with Crippen LogP contribution in [0, 0.1) is 0 Å². The van der Waals surface area contributed by atoms with Crippen molar-refractivity contribution in [1.29, 1.82) is 0 Å². The zero-order valence-electron chi connectivity index (χ0n) is 33.5. The number of rotatable bonds is 33. The molecular formula is C42H72O12S. The van der Waals surface area contributed by atoms with Gasteiger partial charge in [0.15, 0.2) is 12.4 Å². The van der Waals surface area contributed by atoms with Crippen molar-refractivity contribution in [2.24, 2.45) is 0 Å². The number of carbonyl (C=O) groups is 2. The van der Waals surface area contributed by atoms with Crippen LogP contribution in [-0.2, 0) is 38.7 Å². The van der Waals surface area contributed by atoms with Gasteiger partial charge >= 0.3 is 11.9 Å². The van der Waals surface area contributed by atoms with E-state index in [0.29, 0.717) is 12.8 Å². The molecule has 0 aliphatic carbocycles. The first-order valence-electron chi connectivity index (χ1n) is 20.7. The molecule has 0 radical (unpaired) electrons. The van der Waals surface area contributed by atoms with Gasteiger partial charge in [-0.05, 0) is 51.4 Å². The zero-order valence-corrected chi connectivity index (χ0v) is 34.3. The number of hydrogen-bond donors (Lipinski definition) is 4. The minimum atomic E-state index is -4.60. The van der Waals surface area contributed by atoms with E-state index in [-0.39, 0.29) is 19.4 Å². The summed E-state index contributed by atoms with van der Waals surface area (Å²) in [6.07, 6.45) is 27.4. The first-order valence-corrected chi connectivity index (χ1v) is 22.3. The molecule has 1 saturated heterocycles. The topological polar surface area (TPSA) is 186 Å². The summed E-state index contributed by atoms with van der Waals surface area (Å²) in [5, 5.41) is 30.8. The summed E-state index contributed by atoms with van der Waals surface area (Å²) in [6.45, 7) is 3.58. The summed E-state index contributed by atoms with van der Waals surface area (Å²) in [7, 11) is -4.60. The molecule has 318 valence electrons. The van der Waals surface area contributed by atoms with Gasteiger partial charge in [0.05, 0.1) is 6.61 Å². The van der Waals surface area contributed by atoms with E-state index in [1.165, 1.54) is 51.4 Å². The third kappa shape index (κ3) is 27.8. The fourth-order valence-corrected chi connectivity index (χ4v) is 6.65. The Bertz CT molecular complexity index is 1210. The van der Waals surface area contributed by atoms with E-state index in [1.807, 2.05) is 0 Å². The smallest absolute Gasteiger partial charge is 0.306 e. The van der Waals surface area contributed by atoms with E-state index < -0.39 is 71.2 Å². The molecule has 13 heteroatoms. The van der Waals surface area contributed by atoms with Gasteiger partial charge < -0.3 is 34.3 Å². The summed E-state index contributed by atoms with van der Waals surface area (Å²) in [5.74, 6) is -2.04. The van der Waals surface area contributed by atoms with Crippen molar-refractivity contribution < 1.29 is 56.8 Å². The Morgan fingerprint density at radius 3 is 1.71 bits per heavy atom. The molecule has 1 aliphatic heterocycles. The van der Waals surface area contributed by atoms with Crippen LogP contribution in [0.25, 0.3) is 0 Å². The molecule has 0 amide bonds. The third-order valence-electron chi connectivity index (χ3n) is 9.17. The molecule has 4 N–H and O–H groups in total. The molecule has 6 atom stereocenters. The average molecular weight is 801 g/mol. The normalized spacial score (nSPS) is 21.3. The Labute approximate surface area is 331 Å². The monoisotopic (exact) mass is 800 g/mol. The molecule has 0 aromatic carbocycles. The predicted octanol–water partition coefficient (Wildman–Crippen LogP) is 7.61. The maximum Gasteiger partial charge on any atom is 0.306 e. The van der Waals surface area contributed by atoms with Gasteiger partial charge in [0.2, 0.25) is 0 Å². The van der Waals surface area contributed by atoms with Crippen molar-refractivity contribution >= 4 is 22.1 Å². The maximum absolute atomic E-state index is 12.7. The summed E-state index contributed by atoms with van der Waals surface area (Å²) in [4.78, 5) is 25.3. The van der Waals surface area contributed by atoms with Crippen LogP contribution >= 0.6 is 0 Å². The molecule has 1 heterocycles. The SMILES string of the molecule is CC/C=C/C/C=C/C/C=C/C/C=C/CCCCC(=O)O[C@H](COC(=O)CCCCCCCCCCCCCC)CO[C@H]1O[C@H](CS(=O)(=O)O)[C@@H](O)C(O)C1O. The first kappa shape index (κ1) is 50.6. The largest absolute Gasteiger partial charge is 0.462 e. The zero-order chi connectivity index (χ0) is 40.6. The molecule has 2 unspecified atom stereocenters. The van der Waals surface area contributed by atoms with Gasteiger partial charge in [-0.1, -0.05) is 133 Å². The number of carbonyl (C=O) groups excluding carboxylic acids is 2. The van der Waals surface area contributed by atoms with Crippen molar-refractivity contribution in [2.45, 2.75) is 185 Å². The second-order valence-corrected chi connectivity index (χ2v) is 15.8. The van der Waals surface area contributed by atoms with Crippen LogP contribution in [0.3, 0.4) is 0 Å². The Kier molecular flexibility index (Phi) is 30.1. The molecular weight excluding hydrogens is 729 g/mol. The van der Waals surface area contributed by atoms with Gasteiger partial charge in [-0.2, -0.15) is 8.42 Å². The van der Waals surface area contributed by atoms with Gasteiger partial charge in [-0.3, -0.25) is 14.1 Å². The molecule has 0 aromatic rings. The molecule has 1 fully saturated rings. The highest BCUT2D eigenvalue weighted by Crippen LogP contribution is 2.24. The second kappa shape index (κ2) is 32.7. The van der Waals surface area contributed by atoms with E-state index in [1.54, 1.807) is 0 Å². The predicted molar refractivity (Wildman–Crippen MR) is 215 cm³/mol. The molecule has 0 saturated carbocycles. The van der Waals surface area contributed by atoms with E-state index in [2.05, 4.69) is 62.5 Å². The number of allylic oxidation sites excluding steroid dienone is 8. The number of ether oxygens (including phenoxy) is 4. The minimum Gasteiger partial charge on any atom is -0.462 e. The van der Waals surface area contributed by atoms with Crippen molar-refractivity contribution in [1.82, 2.24) is 0 Å². The summed E-state index contributed by atoms with van der Waals surface area (Å²) < 4.78 is 53.9. The van der Waals surface area contributed by atoms with Crippen molar-refractivity contribution in [3.05, 3.63) is 48.6 Å². The summed E-state index contributed by atoms with van der Waals surface area (Å²) in [6, 6.07) is 0. The second-order valence-electron chi connectivity index (χ2n) is 14.3. The number of aliphatic hydroxyl groups excluding tert-OH is 3. The standard InChI is InChI=1S/C42H72O12S/c1-3-5-7-9-11-13-15-17-18-19-21-23-25-27-29-31-38(44)53-35(33-52-42-41(47)40(46)39(45)36(54-42)34-55(48,49)50)32-51-37(43)30-28-26-24-22-20-16-14-12-10-8-6-4-2/h5,7,11,13,17-18,21,23,35-36,39-42,45-47H,3-4,6,8-10,12,14-16,19-20,22,24-34H2,1-2H3,(H,48,49,50)/b7-5+,13-11+,18-17+,23-21+/t35-,36-,39-,40?,41?,42+/m1/s1. The van der Waals surface area contributed by atoms with Gasteiger partial charge in [-0.15, -0.1) is 0 Å². The fourth-order valence-electron chi connectivity index (χ4n) is 5.96. The van der Waals surface area contributed by atoms with Crippen LogP contribution < -0.4 is 0 Å². The number of hydrogen-bond acceptors (Lipinski definition) is 11. The molecule has 55 heavy (non-hydrogen) atoms. The van der Waals surface area contributed by atoms with Crippen molar-refractivity contribution in [3.63, 3.8) is 0 Å². The Morgan fingerprint density at radius 1 is 0.636 bits per heavy atom. The lowest BCUT2D eigenvalue weighted by molar-refractivity contribution is -0.297. The maximum atomic E-state index is 12.7. The number of aliphatic hydroxyl groups is 3. The molecule has 0 aromatic heterocycles. The average Bonchev–Trinajstić information content (AvgIpc) is 3.14. The van der Waals surface area contributed by atoms with E-state index in [9.17, 15) is 37.9 Å². The lowest BCUT2D eigenvalue weighted by atomic mass is 10.00. The van der Waals surface area contributed by atoms with E-state index in [0.717, 1.165) is 57.8 Å². The van der Waals surface area contributed by atoms with Crippen LogP contribution in [0.1, 0.15) is 149 Å². The molecule has 1 aliphatic rings. The lowest BCUT2D eigenvalue weighted by Gasteiger charge is -2.40. The lowest BCUT2D eigenvalue weighted by Crippen LogP contribution is -2.60. The third-order valence-corrected chi connectivity index (χ3v) is 9.92. The van der Waals surface area contributed by atoms with Crippen molar-refractivity contribution in [2.75, 3.05) is 19.0 Å². The van der Waals surface area contributed by atoms with E-state index >= 15 is 0 Å². The highest BCUT2D eigenvalue weighted by Gasteiger charge is 2.46. The summed E-state index contributed by atoms with van der Waals surface area (Å²) in [5.41, 5.74) is 0. The van der Waals surface area contributed by atoms with Gasteiger partial charge in [0, 0.05) is 12.8 Å². The van der Waals surface area contributed by atoms with Crippen LogP contribution in [0.5, 0.6) is 0 Å². The Hall–Kier alpha value is -2.39. The van der Waals surface area contributed by atoms with Crippen LogP contribution in [0.15, 0.2) is 48.6 Å². The molecule has 12 nitrogen and oxygen atoms in total. The van der Waals surface area contributed by atoms with Gasteiger partial charge in [-0.25, -0.2) is 0 Å². The van der Waals surface area contributed by atoms with Crippen LogP contribution in [0.2, 0.25) is 0 Å². The number of unbranched alkanes of at least 4 members (excludes halogenated alkanes) is 13. The Morgan fingerprint density at radius 2 is 1.15 bits per heavy atom. The molecule has 0 spiro atoms. The molecule has 0 bridgehead atoms. The van der Waals surface area contributed by atoms with Gasteiger partial charge in [0.1, 0.15) is 36.8 Å². The number of esters is 2. The molecule has 1 rings (SSSR count). The first-order chi connectivity index (χ1) is 26.5. The van der Waals surface area contributed by atoms with Crippen LogP contribution in [-0.4, -0.2) is 96.0 Å². The quantitative estimate of drug-likeness (QED) is 0.0221. The highest BCUT2D eigenvalue weighted by molar-refractivity contribution is 7.85. The van der Waals surface area contributed by atoms with Crippen molar-refractivity contribution in [3.8, 4) is 0 Å².